The van der Waals surface area contributed by atoms with Crippen LogP contribution in [-0.2, 0) is 42.8 Å². The minimum atomic E-state index is -1.74. The van der Waals surface area contributed by atoms with Gasteiger partial charge in [0.05, 0.1) is 32.2 Å². The van der Waals surface area contributed by atoms with E-state index in [1.165, 1.54) is 0 Å². The predicted octanol–water partition coefficient (Wildman–Crippen LogP) is -0.106. The molecule has 4 aliphatic heterocycles. The summed E-state index contributed by atoms with van der Waals surface area (Å²) in [4.78, 5) is 38.4. The van der Waals surface area contributed by atoms with Gasteiger partial charge in [-0.1, -0.05) is 20.8 Å². The van der Waals surface area contributed by atoms with Crippen LogP contribution < -0.4 is 0 Å². The maximum Gasteiger partial charge on any atom is 0.334 e. The van der Waals surface area contributed by atoms with Gasteiger partial charge in [0.1, 0.15) is 48.3 Å². The lowest BCUT2D eigenvalue weighted by atomic mass is 9.49. The fourth-order valence-electron chi connectivity index (χ4n) is 9.75. The Morgan fingerprint density at radius 3 is 2.43 bits per heavy atom. The lowest BCUT2D eigenvalue weighted by Gasteiger charge is -2.61. The van der Waals surface area contributed by atoms with Crippen LogP contribution in [0.2, 0.25) is 0 Å². The molecule has 3 aliphatic carbocycles. The van der Waals surface area contributed by atoms with Crippen molar-refractivity contribution in [3.63, 3.8) is 0 Å². The fourth-order valence-corrected chi connectivity index (χ4v) is 9.75. The fraction of sp³-hybridized carbons (Fsp3) is 0.839. The van der Waals surface area contributed by atoms with Crippen molar-refractivity contribution in [1.82, 2.24) is 0 Å². The number of hydrogen-bond acceptors (Lipinski definition) is 13. The molecule has 13 atom stereocenters. The number of cyclic esters (lactones) is 1. The van der Waals surface area contributed by atoms with Gasteiger partial charge in [-0.3, -0.25) is 9.59 Å². The highest BCUT2D eigenvalue weighted by Gasteiger charge is 2.93. The van der Waals surface area contributed by atoms with Crippen molar-refractivity contribution in [3.8, 4) is 0 Å². The summed E-state index contributed by atoms with van der Waals surface area (Å²) in [6, 6.07) is 0. The summed E-state index contributed by atoms with van der Waals surface area (Å²) < 4.78 is 35.6. The first-order valence-corrected chi connectivity index (χ1v) is 15.7. The van der Waals surface area contributed by atoms with Gasteiger partial charge in [0, 0.05) is 22.3 Å². The number of hydrogen-bond donors (Lipinski definition) is 4. The molecule has 5 unspecified atom stereocenters. The highest BCUT2D eigenvalue weighted by atomic mass is 16.7. The van der Waals surface area contributed by atoms with E-state index in [-0.39, 0.29) is 60.1 Å². The molecular weight excluding hydrogens is 580 g/mol. The molecular formula is C31H42O13. The molecule has 0 radical (unpaired) electrons. The Morgan fingerprint density at radius 2 is 1.75 bits per heavy atom. The van der Waals surface area contributed by atoms with Crippen molar-refractivity contribution in [2.45, 2.75) is 114 Å². The standard InChI is InChI=1S/C31H42O13/c1-13(2)30-9-16(30)24-31(44-24)28(3)8-7-14-15(11-39-25(14)38)17(28)12-40-29(31,4)27(30)43-20(34)6-5-19(33)42-26-23(37)22(36)21(35)18(10-32)41-26/h13,16-18,21-24,26-27,32,35-37H,5-12H2,1-4H3/t16-,17-,18?,21?,22?,23?,24-,26?,27-,28-,29+,30+,31+/m0/s1. The summed E-state index contributed by atoms with van der Waals surface area (Å²) >= 11 is 0. The molecule has 44 heavy (non-hydrogen) atoms. The zero-order valence-electron chi connectivity index (χ0n) is 25.4. The normalized spacial score (nSPS) is 50.0. The van der Waals surface area contributed by atoms with Crippen molar-refractivity contribution >= 4 is 17.9 Å². The van der Waals surface area contributed by atoms with Crippen molar-refractivity contribution in [2.24, 2.45) is 28.6 Å². The minimum absolute atomic E-state index is 0.0467. The third kappa shape index (κ3) is 3.80. The number of rotatable bonds is 7. The van der Waals surface area contributed by atoms with E-state index in [0.717, 1.165) is 24.0 Å². The lowest BCUT2D eigenvalue weighted by molar-refractivity contribution is -0.292. The van der Waals surface area contributed by atoms with E-state index in [0.29, 0.717) is 13.0 Å². The van der Waals surface area contributed by atoms with Crippen molar-refractivity contribution in [1.29, 1.82) is 0 Å². The zero-order chi connectivity index (χ0) is 31.6. The summed E-state index contributed by atoms with van der Waals surface area (Å²) in [5.41, 5.74) is -0.625. The molecule has 0 aromatic heterocycles. The third-order valence-corrected chi connectivity index (χ3v) is 12.3. The molecule has 0 amide bonds. The SMILES string of the molecule is CC(C)[C@]12C[C@H]1[C@@H]1O[C@@]13[C@@]1(C)CCC4=C(COC4=O)[C@@H]1CO[C@]3(C)[C@@H]2OC(=O)CCC(=O)OC1OC(CO)C(O)C(O)C1O. The van der Waals surface area contributed by atoms with Crippen LogP contribution in [0.25, 0.3) is 0 Å². The number of aliphatic hydroxyl groups is 4. The molecule has 7 rings (SSSR count). The van der Waals surface area contributed by atoms with Gasteiger partial charge in [-0.15, -0.1) is 0 Å². The van der Waals surface area contributed by atoms with E-state index in [2.05, 4.69) is 20.8 Å². The second kappa shape index (κ2) is 9.93. The van der Waals surface area contributed by atoms with E-state index in [4.69, 9.17) is 28.4 Å². The molecule has 13 heteroatoms. The molecule has 1 spiro atoms. The second-order valence-electron chi connectivity index (χ2n) is 14.4. The van der Waals surface area contributed by atoms with Crippen molar-refractivity contribution < 1.29 is 63.2 Å². The maximum atomic E-state index is 13.4. The van der Waals surface area contributed by atoms with Gasteiger partial charge >= 0.3 is 17.9 Å². The molecule has 4 N–H and O–H groups in total. The number of aliphatic hydroxyl groups excluding tert-OH is 4. The van der Waals surface area contributed by atoms with Gasteiger partial charge in [0.15, 0.2) is 0 Å². The van der Waals surface area contributed by atoms with E-state index >= 15 is 0 Å². The monoisotopic (exact) mass is 622 g/mol. The summed E-state index contributed by atoms with van der Waals surface area (Å²) in [5, 5.41) is 39.5. The lowest BCUT2D eigenvalue weighted by Crippen LogP contribution is -2.73. The molecule has 3 saturated heterocycles. The first-order chi connectivity index (χ1) is 20.8. The van der Waals surface area contributed by atoms with Crippen LogP contribution in [0.3, 0.4) is 0 Å². The molecule has 2 saturated carbocycles. The molecule has 5 fully saturated rings. The summed E-state index contributed by atoms with van der Waals surface area (Å²) in [7, 11) is 0. The Hall–Kier alpha value is -2.13. The third-order valence-electron chi connectivity index (χ3n) is 12.3. The Labute approximate surface area is 254 Å². The van der Waals surface area contributed by atoms with Crippen LogP contribution in [0.4, 0.5) is 0 Å². The van der Waals surface area contributed by atoms with Gasteiger partial charge in [-0.05, 0) is 43.6 Å². The summed E-state index contributed by atoms with van der Waals surface area (Å²) in [6.45, 7) is 8.38. The second-order valence-corrected chi connectivity index (χ2v) is 14.4. The first-order valence-electron chi connectivity index (χ1n) is 15.7. The molecule has 244 valence electrons. The molecule has 7 aliphatic rings. The Balaban J connectivity index is 1.08. The van der Waals surface area contributed by atoms with E-state index < -0.39 is 66.6 Å². The van der Waals surface area contributed by atoms with Gasteiger partial charge in [0.2, 0.25) is 6.29 Å². The Kier molecular flexibility index (Phi) is 6.89. The van der Waals surface area contributed by atoms with Crippen LogP contribution in [0.5, 0.6) is 0 Å². The van der Waals surface area contributed by atoms with E-state index in [1.807, 2.05) is 6.92 Å². The van der Waals surface area contributed by atoms with Gasteiger partial charge < -0.3 is 48.8 Å². The smallest absolute Gasteiger partial charge is 0.334 e. The quantitative estimate of drug-likeness (QED) is 0.167. The Morgan fingerprint density at radius 1 is 1.05 bits per heavy atom. The van der Waals surface area contributed by atoms with Crippen molar-refractivity contribution in [2.75, 3.05) is 19.8 Å². The molecule has 0 bridgehead atoms. The zero-order valence-corrected chi connectivity index (χ0v) is 25.4. The maximum absolute atomic E-state index is 13.4. The number of fused-ring (bicyclic) bond motifs is 4. The number of esters is 3. The molecule has 4 heterocycles. The van der Waals surface area contributed by atoms with E-state index in [9.17, 15) is 34.8 Å². The van der Waals surface area contributed by atoms with Gasteiger partial charge in [-0.2, -0.15) is 0 Å². The van der Waals surface area contributed by atoms with Crippen LogP contribution >= 0.6 is 0 Å². The van der Waals surface area contributed by atoms with Crippen LogP contribution in [0.1, 0.15) is 59.8 Å². The molecule has 13 nitrogen and oxygen atoms in total. The highest BCUT2D eigenvalue weighted by molar-refractivity contribution is 5.92. The van der Waals surface area contributed by atoms with Gasteiger partial charge in [-0.25, -0.2) is 4.79 Å². The topological polar surface area (TPSA) is 191 Å². The number of ether oxygens (including phenoxy) is 6. The van der Waals surface area contributed by atoms with E-state index in [1.54, 1.807) is 0 Å². The minimum Gasteiger partial charge on any atom is -0.459 e. The van der Waals surface area contributed by atoms with Crippen LogP contribution in [0.15, 0.2) is 11.1 Å². The molecule has 0 aromatic carbocycles. The first kappa shape index (κ1) is 30.5. The summed E-state index contributed by atoms with van der Waals surface area (Å²) in [6.07, 6.45) is -7.09. The average molecular weight is 623 g/mol. The molecule has 0 aromatic rings. The largest absolute Gasteiger partial charge is 0.459 e. The number of carbonyl (C=O) groups is 3. The Bertz CT molecular complexity index is 1290. The van der Waals surface area contributed by atoms with Crippen LogP contribution in [-0.4, -0.2) is 112 Å². The van der Waals surface area contributed by atoms with Crippen molar-refractivity contribution in [3.05, 3.63) is 11.1 Å². The highest BCUT2D eigenvalue weighted by Crippen LogP contribution is 2.82. The predicted molar refractivity (Wildman–Crippen MR) is 145 cm³/mol. The average Bonchev–Trinajstić information content (AvgIpc) is 3.88. The summed E-state index contributed by atoms with van der Waals surface area (Å²) in [5.74, 6) is -1.44. The number of epoxide rings is 1. The van der Waals surface area contributed by atoms with Gasteiger partial charge in [0.25, 0.3) is 0 Å². The van der Waals surface area contributed by atoms with Crippen LogP contribution in [0, 0.1) is 28.6 Å². The number of carbonyl (C=O) groups excluding carboxylic acids is 3.